The van der Waals surface area contributed by atoms with Gasteiger partial charge in [-0.3, -0.25) is 9.69 Å². The molecule has 8 heteroatoms. The molecular weight excluding hydrogens is 442 g/mol. The first kappa shape index (κ1) is 23.2. The molecule has 0 saturated carbocycles. The Morgan fingerprint density at radius 1 is 0.971 bits per heavy atom. The SMILES string of the molecule is Cc1cc(F)ccc1COC(=O)N1CCCC1C(=O)Nc1ccc(Oc2ccc(F)cc2)cc1. The average molecular weight is 466 g/mol. The molecule has 1 aliphatic rings. The highest BCUT2D eigenvalue weighted by molar-refractivity contribution is 5.96. The number of halogens is 2. The van der Waals surface area contributed by atoms with E-state index in [0.29, 0.717) is 47.7 Å². The first-order chi connectivity index (χ1) is 16.4. The molecule has 1 saturated heterocycles. The van der Waals surface area contributed by atoms with Gasteiger partial charge in [0.1, 0.15) is 35.8 Å². The lowest BCUT2D eigenvalue weighted by molar-refractivity contribution is -0.120. The topological polar surface area (TPSA) is 67.9 Å². The summed E-state index contributed by atoms with van der Waals surface area (Å²) in [6.07, 6.45) is 0.638. The summed E-state index contributed by atoms with van der Waals surface area (Å²) in [6, 6.07) is 16.0. The molecule has 1 atom stereocenters. The molecule has 0 spiro atoms. The van der Waals surface area contributed by atoms with E-state index in [1.165, 1.54) is 41.3 Å². The summed E-state index contributed by atoms with van der Waals surface area (Å²) in [5.41, 5.74) is 1.95. The fourth-order valence-corrected chi connectivity index (χ4v) is 3.77. The predicted molar refractivity (Wildman–Crippen MR) is 123 cm³/mol. The quantitative estimate of drug-likeness (QED) is 0.498. The summed E-state index contributed by atoms with van der Waals surface area (Å²) in [6.45, 7) is 2.17. The molecule has 0 bridgehead atoms. The summed E-state index contributed by atoms with van der Waals surface area (Å²) >= 11 is 0. The molecule has 1 N–H and O–H groups in total. The van der Waals surface area contributed by atoms with Crippen LogP contribution in [0.15, 0.2) is 66.7 Å². The summed E-state index contributed by atoms with van der Waals surface area (Å²) in [4.78, 5) is 26.9. The highest BCUT2D eigenvalue weighted by atomic mass is 19.1. The van der Waals surface area contributed by atoms with E-state index in [1.54, 1.807) is 37.3 Å². The van der Waals surface area contributed by atoms with Crippen molar-refractivity contribution in [2.24, 2.45) is 0 Å². The number of ether oxygens (including phenoxy) is 2. The number of likely N-dealkylation sites (tertiary alicyclic amines) is 1. The maximum absolute atomic E-state index is 13.3. The summed E-state index contributed by atoms with van der Waals surface area (Å²) in [7, 11) is 0. The van der Waals surface area contributed by atoms with Crippen molar-refractivity contribution in [1.82, 2.24) is 4.90 Å². The molecule has 34 heavy (non-hydrogen) atoms. The van der Waals surface area contributed by atoms with Gasteiger partial charge in [-0.25, -0.2) is 13.6 Å². The molecule has 1 fully saturated rings. The second-order valence-corrected chi connectivity index (χ2v) is 8.05. The smallest absolute Gasteiger partial charge is 0.410 e. The van der Waals surface area contributed by atoms with E-state index in [0.717, 1.165) is 0 Å². The van der Waals surface area contributed by atoms with Crippen molar-refractivity contribution in [2.75, 3.05) is 11.9 Å². The Kier molecular flexibility index (Phi) is 7.06. The Balaban J connectivity index is 1.32. The largest absolute Gasteiger partial charge is 0.457 e. The van der Waals surface area contributed by atoms with E-state index in [2.05, 4.69) is 5.32 Å². The summed E-state index contributed by atoms with van der Waals surface area (Å²) < 4.78 is 37.3. The van der Waals surface area contributed by atoms with Crippen LogP contribution in [-0.4, -0.2) is 29.5 Å². The number of nitrogens with one attached hydrogen (secondary N) is 1. The number of hydrogen-bond acceptors (Lipinski definition) is 4. The molecule has 176 valence electrons. The Morgan fingerprint density at radius 2 is 1.62 bits per heavy atom. The molecule has 2 amide bonds. The maximum Gasteiger partial charge on any atom is 0.410 e. The minimum Gasteiger partial charge on any atom is -0.457 e. The number of anilines is 1. The van der Waals surface area contributed by atoms with Crippen LogP contribution >= 0.6 is 0 Å². The van der Waals surface area contributed by atoms with Crippen LogP contribution in [0.25, 0.3) is 0 Å². The fourth-order valence-electron chi connectivity index (χ4n) is 3.77. The molecule has 1 heterocycles. The predicted octanol–water partition coefficient (Wildman–Crippen LogP) is 5.81. The number of hydrogen-bond donors (Lipinski definition) is 1. The minimum absolute atomic E-state index is 0.00526. The number of aryl methyl sites for hydroxylation is 1. The van der Waals surface area contributed by atoms with Gasteiger partial charge in [0.15, 0.2) is 0 Å². The van der Waals surface area contributed by atoms with E-state index in [-0.39, 0.29) is 24.1 Å². The molecule has 1 aliphatic heterocycles. The van der Waals surface area contributed by atoms with Gasteiger partial charge in [0, 0.05) is 12.2 Å². The molecule has 6 nitrogen and oxygen atoms in total. The van der Waals surface area contributed by atoms with Gasteiger partial charge in [0.25, 0.3) is 0 Å². The molecule has 3 aromatic carbocycles. The number of amides is 2. The first-order valence-corrected chi connectivity index (χ1v) is 10.9. The molecule has 0 radical (unpaired) electrons. The van der Waals surface area contributed by atoms with Gasteiger partial charge < -0.3 is 14.8 Å². The van der Waals surface area contributed by atoms with Crippen LogP contribution in [0.5, 0.6) is 11.5 Å². The van der Waals surface area contributed by atoms with Gasteiger partial charge in [-0.1, -0.05) is 6.07 Å². The van der Waals surface area contributed by atoms with E-state index >= 15 is 0 Å². The van der Waals surface area contributed by atoms with Crippen molar-refractivity contribution < 1.29 is 27.8 Å². The normalized spacial score (nSPS) is 15.1. The van der Waals surface area contributed by atoms with Crippen LogP contribution in [0.2, 0.25) is 0 Å². The molecule has 4 rings (SSSR count). The van der Waals surface area contributed by atoms with Crippen LogP contribution in [0.4, 0.5) is 19.3 Å². The zero-order chi connectivity index (χ0) is 24.1. The highest BCUT2D eigenvalue weighted by Gasteiger charge is 2.35. The molecular formula is C26H24F2N2O4. The van der Waals surface area contributed by atoms with Crippen LogP contribution in [0.3, 0.4) is 0 Å². The second-order valence-electron chi connectivity index (χ2n) is 8.05. The Hall–Kier alpha value is -3.94. The summed E-state index contributed by atoms with van der Waals surface area (Å²) in [5.74, 6) is 0.0280. The molecule has 1 unspecified atom stereocenters. The average Bonchev–Trinajstić information content (AvgIpc) is 3.31. The third kappa shape index (κ3) is 5.70. The lowest BCUT2D eigenvalue weighted by atomic mass is 10.1. The van der Waals surface area contributed by atoms with E-state index in [9.17, 15) is 18.4 Å². The Bertz CT molecular complexity index is 1170. The number of benzene rings is 3. The van der Waals surface area contributed by atoms with E-state index in [1.807, 2.05) is 0 Å². The number of carbonyl (C=O) groups is 2. The van der Waals surface area contributed by atoms with Crippen molar-refractivity contribution in [2.45, 2.75) is 32.4 Å². The van der Waals surface area contributed by atoms with Gasteiger partial charge in [-0.05, 0) is 91.6 Å². The van der Waals surface area contributed by atoms with Crippen molar-refractivity contribution in [1.29, 1.82) is 0 Å². The number of rotatable bonds is 6. The number of nitrogens with zero attached hydrogens (tertiary/aromatic N) is 1. The summed E-state index contributed by atoms with van der Waals surface area (Å²) in [5, 5.41) is 2.82. The lowest BCUT2D eigenvalue weighted by Gasteiger charge is -2.23. The fraction of sp³-hybridized carbons (Fsp3) is 0.231. The van der Waals surface area contributed by atoms with E-state index in [4.69, 9.17) is 9.47 Å². The Morgan fingerprint density at radius 3 is 2.29 bits per heavy atom. The zero-order valence-corrected chi connectivity index (χ0v) is 18.6. The zero-order valence-electron chi connectivity index (χ0n) is 18.6. The first-order valence-electron chi connectivity index (χ1n) is 10.9. The van der Waals surface area contributed by atoms with Gasteiger partial charge in [0.2, 0.25) is 5.91 Å². The maximum atomic E-state index is 13.3. The second kappa shape index (κ2) is 10.3. The van der Waals surface area contributed by atoms with E-state index < -0.39 is 12.1 Å². The molecule has 3 aromatic rings. The van der Waals surface area contributed by atoms with Crippen LogP contribution < -0.4 is 10.1 Å². The minimum atomic E-state index is -0.642. The highest BCUT2D eigenvalue weighted by Crippen LogP contribution is 2.25. The molecule has 0 aromatic heterocycles. The van der Waals surface area contributed by atoms with Gasteiger partial charge in [-0.2, -0.15) is 0 Å². The van der Waals surface area contributed by atoms with Crippen LogP contribution in [0.1, 0.15) is 24.0 Å². The van der Waals surface area contributed by atoms with Crippen molar-refractivity contribution in [3.63, 3.8) is 0 Å². The van der Waals surface area contributed by atoms with Crippen LogP contribution in [0, 0.1) is 18.6 Å². The van der Waals surface area contributed by atoms with Crippen molar-refractivity contribution in [3.05, 3.63) is 89.5 Å². The van der Waals surface area contributed by atoms with Gasteiger partial charge in [-0.15, -0.1) is 0 Å². The van der Waals surface area contributed by atoms with Gasteiger partial charge in [0.05, 0.1) is 0 Å². The molecule has 0 aliphatic carbocycles. The Labute approximate surface area is 196 Å². The lowest BCUT2D eigenvalue weighted by Crippen LogP contribution is -2.43. The standard InChI is InChI=1S/C26H24F2N2O4/c1-17-15-20(28)5-4-18(17)16-33-26(32)30-14-2-3-24(30)25(31)29-21-8-12-23(13-9-21)34-22-10-6-19(27)7-11-22/h4-13,15,24H,2-3,14,16H2,1H3,(H,29,31). The van der Waals surface area contributed by atoms with Crippen LogP contribution in [-0.2, 0) is 16.1 Å². The third-order valence-electron chi connectivity index (χ3n) is 5.62. The van der Waals surface area contributed by atoms with Crippen molar-refractivity contribution in [3.8, 4) is 11.5 Å². The number of carbonyl (C=O) groups excluding carboxylic acids is 2. The van der Waals surface area contributed by atoms with Crippen molar-refractivity contribution >= 4 is 17.7 Å². The monoisotopic (exact) mass is 466 g/mol. The third-order valence-corrected chi connectivity index (χ3v) is 5.62. The van der Waals surface area contributed by atoms with Gasteiger partial charge >= 0.3 is 6.09 Å².